The Morgan fingerprint density at radius 1 is 1.20 bits per heavy atom. The van der Waals surface area contributed by atoms with Crippen LogP contribution in [0.25, 0.3) is 0 Å². The van der Waals surface area contributed by atoms with Gasteiger partial charge >= 0.3 is 0 Å². The molecule has 1 aliphatic rings. The predicted octanol–water partition coefficient (Wildman–Crippen LogP) is 0.956. The summed E-state index contributed by atoms with van der Waals surface area (Å²) in [6, 6.07) is 2.75. The number of hydrogen-bond donors (Lipinski definition) is 2. The lowest BCUT2D eigenvalue weighted by molar-refractivity contribution is 0.0935. The van der Waals surface area contributed by atoms with E-state index in [1.807, 2.05) is 0 Å². The van der Waals surface area contributed by atoms with E-state index in [0.29, 0.717) is 25.6 Å². The minimum absolute atomic E-state index is 0.0261. The molecule has 0 aromatic heterocycles. The van der Waals surface area contributed by atoms with Gasteiger partial charge in [0.1, 0.15) is 11.6 Å². The van der Waals surface area contributed by atoms with Crippen LogP contribution in [0, 0.1) is 17.6 Å². The number of carbonyl (C=O) groups is 1. The summed E-state index contributed by atoms with van der Waals surface area (Å²) in [5, 5.41) is 2.72. The van der Waals surface area contributed by atoms with Crippen LogP contribution in [-0.2, 0) is 10.0 Å². The van der Waals surface area contributed by atoms with Crippen LogP contribution in [0.2, 0.25) is 0 Å². The van der Waals surface area contributed by atoms with Crippen molar-refractivity contribution in [2.75, 3.05) is 39.0 Å². The Kier molecular flexibility index (Phi) is 6.86. The maximum Gasteiger partial charge on any atom is 0.251 e. The van der Waals surface area contributed by atoms with Gasteiger partial charge in [-0.15, -0.1) is 0 Å². The van der Waals surface area contributed by atoms with Crippen LogP contribution in [-0.4, -0.2) is 58.2 Å². The minimum atomic E-state index is -3.16. The number of piperidine rings is 1. The second-order valence-corrected chi connectivity index (χ2v) is 8.15. The second-order valence-electron chi connectivity index (χ2n) is 6.32. The molecule has 9 heteroatoms. The van der Waals surface area contributed by atoms with Gasteiger partial charge in [-0.1, -0.05) is 0 Å². The highest BCUT2D eigenvalue weighted by molar-refractivity contribution is 7.88. The van der Waals surface area contributed by atoms with Crippen LogP contribution < -0.4 is 10.0 Å². The zero-order chi connectivity index (χ0) is 18.4. The lowest BCUT2D eigenvalue weighted by atomic mass is 9.96. The molecule has 1 aromatic carbocycles. The van der Waals surface area contributed by atoms with Crippen molar-refractivity contribution in [3.63, 3.8) is 0 Å². The zero-order valence-electron chi connectivity index (χ0n) is 14.1. The number of amides is 1. The first-order valence-electron chi connectivity index (χ1n) is 8.14. The van der Waals surface area contributed by atoms with E-state index in [4.69, 9.17) is 0 Å². The highest BCUT2D eigenvalue weighted by Crippen LogP contribution is 2.16. The number of rotatable bonds is 7. The molecule has 0 spiro atoms. The molecule has 140 valence electrons. The number of carbonyl (C=O) groups excluding carboxylic acids is 1. The van der Waals surface area contributed by atoms with Crippen molar-refractivity contribution in [2.24, 2.45) is 5.92 Å². The normalized spacial score (nSPS) is 16.8. The first-order chi connectivity index (χ1) is 11.7. The Labute approximate surface area is 146 Å². The van der Waals surface area contributed by atoms with Crippen LogP contribution in [0.3, 0.4) is 0 Å². The second kappa shape index (κ2) is 8.68. The third-order valence-corrected chi connectivity index (χ3v) is 4.90. The number of nitrogens with one attached hydrogen (secondary N) is 2. The minimum Gasteiger partial charge on any atom is -0.352 e. The van der Waals surface area contributed by atoms with Crippen molar-refractivity contribution in [1.82, 2.24) is 14.9 Å². The molecule has 0 atom stereocenters. The van der Waals surface area contributed by atoms with Gasteiger partial charge in [-0.25, -0.2) is 21.9 Å². The van der Waals surface area contributed by atoms with Gasteiger partial charge < -0.3 is 10.2 Å². The Bertz CT molecular complexity index is 684. The third kappa shape index (κ3) is 7.05. The molecule has 2 rings (SSSR count). The SMILES string of the molecule is CS(=O)(=O)NCCN1CCC(CNC(=O)c2cc(F)cc(F)c2)CC1. The van der Waals surface area contributed by atoms with E-state index in [9.17, 15) is 22.0 Å². The van der Waals surface area contributed by atoms with Gasteiger partial charge in [0, 0.05) is 31.3 Å². The van der Waals surface area contributed by atoms with Crippen LogP contribution in [0.4, 0.5) is 8.78 Å². The molecule has 25 heavy (non-hydrogen) atoms. The summed E-state index contributed by atoms with van der Waals surface area (Å²) in [5.74, 6) is -1.75. The summed E-state index contributed by atoms with van der Waals surface area (Å²) in [7, 11) is -3.16. The number of likely N-dealkylation sites (tertiary alicyclic amines) is 1. The molecule has 0 aliphatic carbocycles. The first-order valence-corrected chi connectivity index (χ1v) is 10.0. The molecule has 0 saturated carbocycles. The van der Waals surface area contributed by atoms with E-state index < -0.39 is 27.6 Å². The predicted molar refractivity (Wildman–Crippen MR) is 90.7 cm³/mol. The molecule has 1 heterocycles. The molecule has 0 bridgehead atoms. The molecule has 2 N–H and O–H groups in total. The summed E-state index contributed by atoms with van der Waals surface area (Å²) in [5.41, 5.74) is -0.0261. The molecular formula is C16H23F2N3O3S. The van der Waals surface area contributed by atoms with Gasteiger partial charge in [-0.05, 0) is 44.0 Å². The summed E-state index contributed by atoms with van der Waals surface area (Å²) in [4.78, 5) is 14.1. The number of nitrogens with zero attached hydrogens (tertiary/aromatic N) is 1. The van der Waals surface area contributed by atoms with Crippen LogP contribution >= 0.6 is 0 Å². The standard InChI is InChI=1S/C16H23F2N3O3S/c1-25(23,24)20-4-7-21-5-2-12(3-6-21)11-19-16(22)13-8-14(17)10-15(18)9-13/h8-10,12,20H,2-7,11H2,1H3,(H,19,22). The largest absolute Gasteiger partial charge is 0.352 e. The van der Waals surface area contributed by atoms with Crippen molar-refractivity contribution in [3.8, 4) is 0 Å². The fourth-order valence-electron chi connectivity index (χ4n) is 2.83. The fourth-order valence-corrected chi connectivity index (χ4v) is 3.29. The van der Waals surface area contributed by atoms with Gasteiger partial charge in [0.15, 0.2) is 0 Å². The van der Waals surface area contributed by atoms with E-state index in [1.54, 1.807) is 0 Å². The summed E-state index contributed by atoms with van der Waals surface area (Å²) in [6.45, 7) is 3.12. The number of sulfonamides is 1. The third-order valence-electron chi connectivity index (χ3n) is 4.18. The Balaban J connectivity index is 1.70. The van der Waals surface area contributed by atoms with Crippen molar-refractivity contribution in [2.45, 2.75) is 12.8 Å². The molecular weight excluding hydrogens is 352 g/mol. The number of halogens is 2. The molecule has 1 aliphatic heterocycles. The lowest BCUT2D eigenvalue weighted by Crippen LogP contribution is -2.41. The maximum absolute atomic E-state index is 13.1. The zero-order valence-corrected chi connectivity index (χ0v) is 14.9. The molecule has 0 unspecified atom stereocenters. The van der Waals surface area contributed by atoms with E-state index in [1.165, 1.54) is 0 Å². The van der Waals surface area contributed by atoms with Crippen LogP contribution in [0.15, 0.2) is 18.2 Å². The average molecular weight is 375 g/mol. The lowest BCUT2D eigenvalue weighted by Gasteiger charge is -2.31. The monoisotopic (exact) mass is 375 g/mol. The fraction of sp³-hybridized carbons (Fsp3) is 0.562. The molecule has 1 saturated heterocycles. The van der Waals surface area contributed by atoms with Gasteiger partial charge in [0.25, 0.3) is 5.91 Å². The van der Waals surface area contributed by atoms with Gasteiger partial charge in [0.2, 0.25) is 10.0 Å². The Hall–Kier alpha value is -1.58. The summed E-state index contributed by atoms with van der Waals surface area (Å²) in [6.07, 6.45) is 2.87. The summed E-state index contributed by atoms with van der Waals surface area (Å²) >= 11 is 0. The topological polar surface area (TPSA) is 78.5 Å². The molecule has 6 nitrogen and oxygen atoms in total. The molecule has 1 fully saturated rings. The highest BCUT2D eigenvalue weighted by atomic mass is 32.2. The van der Waals surface area contributed by atoms with Crippen LogP contribution in [0.5, 0.6) is 0 Å². The number of benzene rings is 1. The Morgan fingerprint density at radius 2 is 1.80 bits per heavy atom. The van der Waals surface area contributed by atoms with E-state index in [0.717, 1.165) is 50.4 Å². The molecule has 0 radical (unpaired) electrons. The van der Waals surface area contributed by atoms with Crippen molar-refractivity contribution < 1.29 is 22.0 Å². The quantitative estimate of drug-likeness (QED) is 0.744. The first kappa shape index (κ1) is 19.7. The van der Waals surface area contributed by atoms with Crippen molar-refractivity contribution >= 4 is 15.9 Å². The van der Waals surface area contributed by atoms with Gasteiger partial charge in [-0.3, -0.25) is 4.79 Å². The van der Waals surface area contributed by atoms with Crippen molar-refractivity contribution in [3.05, 3.63) is 35.4 Å². The average Bonchev–Trinajstić information content (AvgIpc) is 2.51. The highest BCUT2D eigenvalue weighted by Gasteiger charge is 2.20. The number of hydrogen-bond acceptors (Lipinski definition) is 4. The van der Waals surface area contributed by atoms with Crippen molar-refractivity contribution in [1.29, 1.82) is 0 Å². The smallest absolute Gasteiger partial charge is 0.251 e. The maximum atomic E-state index is 13.1. The molecule has 1 amide bonds. The van der Waals surface area contributed by atoms with E-state index in [2.05, 4.69) is 14.9 Å². The van der Waals surface area contributed by atoms with Crippen LogP contribution in [0.1, 0.15) is 23.2 Å². The molecule has 1 aromatic rings. The van der Waals surface area contributed by atoms with Gasteiger partial charge in [-0.2, -0.15) is 0 Å². The Morgan fingerprint density at radius 3 is 2.36 bits per heavy atom. The van der Waals surface area contributed by atoms with Gasteiger partial charge in [0.05, 0.1) is 6.26 Å². The van der Waals surface area contributed by atoms with E-state index >= 15 is 0 Å². The summed E-state index contributed by atoms with van der Waals surface area (Å²) < 4.78 is 50.8. The van der Waals surface area contributed by atoms with E-state index in [-0.39, 0.29) is 5.56 Å².